The normalized spacial score (nSPS) is 17.4. The minimum atomic E-state index is -0.842. The summed E-state index contributed by atoms with van der Waals surface area (Å²) in [5.74, 6) is -1.02. The van der Waals surface area contributed by atoms with Crippen LogP contribution in [0, 0.1) is 11.6 Å². The molecular formula is C22H18Cl3F2N3. The van der Waals surface area contributed by atoms with Gasteiger partial charge in [0.2, 0.25) is 0 Å². The van der Waals surface area contributed by atoms with E-state index in [1.54, 1.807) is 18.3 Å². The summed E-state index contributed by atoms with van der Waals surface area (Å²) >= 11 is 18.5. The molecule has 0 bridgehead atoms. The van der Waals surface area contributed by atoms with Crippen molar-refractivity contribution in [3.63, 3.8) is 0 Å². The third-order valence-corrected chi connectivity index (χ3v) is 5.91. The Labute approximate surface area is 188 Å². The number of aromatic nitrogens is 1. The fraction of sp³-hybridized carbons (Fsp3) is 0.227. The molecule has 0 radical (unpaired) electrons. The molecule has 0 amide bonds. The first-order chi connectivity index (χ1) is 14.4. The highest BCUT2D eigenvalue weighted by atomic mass is 35.5. The Morgan fingerprint density at radius 3 is 2.37 bits per heavy atom. The van der Waals surface area contributed by atoms with E-state index in [-0.39, 0.29) is 6.04 Å². The van der Waals surface area contributed by atoms with Crippen molar-refractivity contribution in [3.05, 3.63) is 92.6 Å². The monoisotopic (exact) mass is 467 g/mol. The van der Waals surface area contributed by atoms with E-state index < -0.39 is 11.6 Å². The Balaban J connectivity index is 1.62. The summed E-state index contributed by atoms with van der Waals surface area (Å²) in [6.07, 6.45) is 1.58. The van der Waals surface area contributed by atoms with Gasteiger partial charge in [0.15, 0.2) is 11.6 Å². The van der Waals surface area contributed by atoms with Crippen LogP contribution in [-0.4, -0.2) is 29.5 Å². The van der Waals surface area contributed by atoms with Crippen LogP contribution in [0.3, 0.4) is 0 Å². The van der Waals surface area contributed by atoms with Crippen molar-refractivity contribution >= 4 is 40.6 Å². The van der Waals surface area contributed by atoms with Crippen LogP contribution in [0.2, 0.25) is 15.1 Å². The summed E-state index contributed by atoms with van der Waals surface area (Å²) in [5.41, 5.74) is 1.78. The zero-order valence-electron chi connectivity index (χ0n) is 15.8. The fourth-order valence-electron chi connectivity index (χ4n) is 3.72. The van der Waals surface area contributed by atoms with E-state index in [0.717, 1.165) is 17.2 Å². The minimum absolute atomic E-state index is 0.0486. The van der Waals surface area contributed by atoms with Gasteiger partial charge in [-0.25, -0.2) is 13.8 Å². The van der Waals surface area contributed by atoms with E-state index in [0.29, 0.717) is 47.1 Å². The van der Waals surface area contributed by atoms with Crippen LogP contribution in [0.5, 0.6) is 0 Å². The van der Waals surface area contributed by atoms with Crippen molar-refractivity contribution in [2.75, 3.05) is 24.5 Å². The van der Waals surface area contributed by atoms with Gasteiger partial charge in [0.25, 0.3) is 0 Å². The molecule has 0 spiro atoms. The zero-order valence-corrected chi connectivity index (χ0v) is 18.1. The molecule has 3 aromatic rings. The molecular weight excluding hydrogens is 451 g/mol. The number of nitrogens with zero attached hydrogens (tertiary/aromatic N) is 3. The summed E-state index contributed by atoms with van der Waals surface area (Å²) in [6.45, 7) is 2.53. The Hall–Kier alpha value is -1.92. The van der Waals surface area contributed by atoms with Crippen molar-refractivity contribution in [3.8, 4) is 0 Å². The second-order valence-electron chi connectivity index (χ2n) is 7.20. The number of benzene rings is 2. The smallest absolute Gasteiger partial charge is 0.159 e. The van der Waals surface area contributed by atoms with Gasteiger partial charge in [-0.3, -0.25) is 4.90 Å². The first-order valence-electron chi connectivity index (χ1n) is 9.40. The lowest BCUT2D eigenvalue weighted by Gasteiger charge is -2.42. The molecule has 156 valence electrons. The number of piperazine rings is 1. The van der Waals surface area contributed by atoms with Crippen molar-refractivity contribution < 1.29 is 8.78 Å². The molecule has 8 heteroatoms. The third kappa shape index (κ3) is 4.70. The van der Waals surface area contributed by atoms with Crippen molar-refractivity contribution in [2.45, 2.75) is 12.6 Å². The lowest BCUT2D eigenvalue weighted by atomic mass is 10.0. The number of halogens is 5. The molecule has 1 aliphatic heterocycles. The van der Waals surface area contributed by atoms with Gasteiger partial charge in [0.05, 0.1) is 16.1 Å². The largest absolute Gasteiger partial charge is 0.346 e. The van der Waals surface area contributed by atoms with Gasteiger partial charge in [0, 0.05) is 37.4 Å². The van der Waals surface area contributed by atoms with Crippen LogP contribution in [0.4, 0.5) is 14.6 Å². The van der Waals surface area contributed by atoms with E-state index in [2.05, 4.69) is 14.8 Å². The third-order valence-electron chi connectivity index (χ3n) is 5.17. The van der Waals surface area contributed by atoms with E-state index in [4.69, 9.17) is 34.8 Å². The Morgan fingerprint density at radius 2 is 1.67 bits per heavy atom. The predicted molar refractivity (Wildman–Crippen MR) is 117 cm³/mol. The maximum absolute atomic E-state index is 13.6. The second-order valence-corrected chi connectivity index (χ2v) is 8.48. The van der Waals surface area contributed by atoms with Crippen molar-refractivity contribution in [1.82, 2.24) is 9.88 Å². The zero-order chi connectivity index (χ0) is 21.3. The highest BCUT2D eigenvalue weighted by molar-refractivity contribution is 6.36. The Morgan fingerprint density at radius 1 is 0.900 bits per heavy atom. The molecule has 30 heavy (non-hydrogen) atoms. The Bertz CT molecular complexity index is 1050. The lowest BCUT2D eigenvalue weighted by molar-refractivity contribution is 0.214. The first kappa shape index (κ1) is 21.3. The van der Waals surface area contributed by atoms with E-state index in [1.165, 1.54) is 6.07 Å². The van der Waals surface area contributed by atoms with Crippen LogP contribution >= 0.6 is 34.8 Å². The number of hydrogen-bond acceptors (Lipinski definition) is 3. The number of hydrogen-bond donors (Lipinski definition) is 0. The van der Waals surface area contributed by atoms with E-state index in [9.17, 15) is 8.78 Å². The molecule has 3 nitrogen and oxygen atoms in total. The fourth-order valence-corrected chi connectivity index (χ4v) is 4.34. The molecule has 4 rings (SSSR count). The maximum Gasteiger partial charge on any atom is 0.159 e. The van der Waals surface area contributed by atoms with Gasteiger partial charge in [-0.1, -0.05) is 53.0 Å². The summed E-state index contributed by atoms with van der Waals surface area (Å²) in [7, 11) is 0. The predicted octanol–water partition coefficient (Wildman–Crippen LogP) is 6.38. The van der Waals surface area contributed by atoms with Gasteiger partial charge < -0.3 is 4.90 Å². The molecule has 0 N–H and O–H groups in total. The molecule has 2 aromatic carbocycles. The molecule has 1 aromatic heterocycles. The van der Waals surface area contributed by atoms with Gasteiger partial charge in [0.1, 0.15) is 5.82 Å². The van der Waals surface area contributed by atoms with Gasteiger partial charge in [-0.05, 0) is 41.5 Å². The molecule has 1 saturated heterocycles. The molecule has 1 aliphatic rings. The molecule has 0 aliphatic carbocycles. The molecule has 2 heterocycles. The number of rotatable bonds is 4. The van der Waals surface area contributed by atoms with Crippen molar-refractivity contribution in [1.29, 1.82) is 0 Å². The lowest BCUT2D eigenvalue weighted by Crippen LogP contribution is -2.48. The molecule has 0 saturated carbocycles. The summed E-state index contributed by atoms with van der Waals surface area (Å²) in [6, 6.07) is 13.3. The topological polar surface area (TPSA) is 19.4 Å². The second kappa shape index (κ2) is 9.06. The maximum atomic E-state index is 13.6. The van der Waals surface area contributed by atoms with Gasteiger partial charge in [-0.15, -0.1) is 0 Å². The molecule has 1 unspecified atom stereocenters. The standard InChI is InChI=1S/C22H18Cl3F2N3/c23-16-4-2-15(3-5-16)21-13-29(12-14-1-6-19(26)20(27)9-14)7-8-30(21)22-18(25)10-17(24)11-28-22/h1-6,9-11,21H,7-8,12-13H2. The average molecular weight is 469 g/mol. The van der Waals surface area contributed by atoms with E-state index in [1.807, 2.05) is 24.3 Å². The minimum Gasteiger partial charge on any atom is -0.346 e. The van der Waals surface area contributed by atoms with Crippen LogP contribution in [0.1, 0.15) is 17.2 Å². The quantitative estimate of drug-likeness (QED) is 0.443. The van der Waals surface area contributed by atoms with Gasteiger partial charge in [-0.2, -0.15) is 0 Å². The van der Waals surface area contributed by atoms with Crippen LogP contribution < -0.4 is 4.90 Å². The highest BCUT2D eigenvalue weighted by Gasteiger charge is 2.30. The van der Waals surface area contributed by atoms with Crippen LogP contribution in [-0.2, 0) is 6.54 Å². The SMILES string of the molecule is Fc1ccc(CN2CCN(c3ncc(Cl)cc3Cl)C(c3ccc(Cl)cc3)C2)cc1F. The van der Waals surface area contributed by atoms with Gasteiger partial charge >= 0.3 is 0 Å². The Kier molecular flexibility index (Phi) is 6.44. The molecule has 1 atom stereocenters. The summed E-state index contributed by atoms with van der Waals surface area (Å²) in [4.78, 5) is 8.79. The summed E-state index contributed by atoms with van der Waals surface area (Å²) < 4.78 is 26.9. The first-order valence-corrected chi connectivity index (χ1v) is 10.5. The van der Waals surface area contributed by atoms with Crippen LogP contribution in [0.25, 0.3) is 0 Å². The average Bonchev–Trinajstić information content (AvgIpc) is 2.72. The summed E-state index contributed by atoms with van der Waals surface area (Å²) in [5, 5.41) is 1.61. The highest BCUT2D eigenvalue weighted by Crippen LogP contribution is 2.35. The van der Waals surface area contributed by atoms with Crippen LogP contribution in [0.15, 0.2) is 54.7 Å². The number of anilines is 1. The molecule has 1 fully saturated rings. The van der Waals surface area contributed by atoms with Crippen molar-refractivity contribution in [2.24, 2.45) is 0 Å². The van der Waals surface area contributed by atoms with E-state index >= 15 is 0 Å². The number of pyridine rings is 1.